The summed E-state index contributed by atoms with van der Waals surface area (Å²) in [5, 5.41) is 12.9. The van der Waals surface area contributed by atoms with Crippen LogP contribution in [0.5, 0.6) is 0 Å². The van der Waals surface area contributed by atoms with Crippen molar-refractivity contribution in [3.63, 3.8) is 0 Å². The van der Waals surface area contributed by atoms with Crippen molar-refractivity contribution in [3.8, 4) is 0 Å². The van der Waals surface area contributed by atoms with E-state index in [1.165, 1.54) is 18.2 Å². The van der Waals surface area contributed by atoms with E-state index in [9.17, 15) is 10.1 Å². The molecule has 0 N–H and O–H groups in total. The van der Waals surface area contributed by atoms with Gasteiger partial charge in [0.2, 0.25) is 0 Å². The third kappa shape index (κ3) is 3.50. The average molecular weight is 345 g/mol. The highest BCUT2D eigenvalue weighted by Gasteiger charge is 2.07. The molecule has 2 aromatic carbocycles. The molecule has 0 atom stereocenters. The number of halogens is 2. The van der Waals surface area contributed by atoms with Crippen molar-refractivity contribution < 1.29 is 4.92 Å². The van der Waals surface area contributed by atoms with Gasteiger partial charge >= 0.3 is 0 Å². The van der Waals surface area contributed by atoms with Gasteiger partial charge in [-0.3, -0.25) is 10.1 Å². The minimum absolute atomic E-state index is 0.00713. The minimum atomic E-state index is -0.454. The largest absolute Gasteiger partial charge is 0.270 e. The Labute approximate surface area is 142 Å². The SMILES string of the molecule is O=[N+]([O-])c1ccc(Cl)c(/C=C/c2ccc3ccc(Cl)cc3n2)c1. The Bertz CT molecular complexity index is 939. The van der Waals surface area contributed by atoms with Gasteiger partial charge in [-0.1, -0.05) is 41.4 Å². The summed E-state index contributed by atoms with van der Waals surface area (Å²) in [5.41, 5.74) is 2.05. The molecule has 0 saturated heterocycles. The van der Waals surface area contributed by atoms with Crippen LogP contribution < -0.4 is 0 Å². The van der Waals surface area contributed by atoms with E-state index >= 15 is 0 Å². The zero-order valence-corrected chi connectivity index (χ0v) is 13.3. The molecule has 0 radical (unpaired) electrons. The Morgan fingerprint density at radius 1 is 1.00 bits per heavy atom. The van der Waals surface area contributed by atoms with Crippen LogP contribution >= 0.6 is 23.2 Å². The van der Waals surface area contributed by atoms with Gasteiger partial charge in [0.05, 0.1) is 16.1 Å². The molecule has 23 heavy (non-hydrogen) atoms. The molecular weight excluding hydrogens is 335 g/mol. The Balaban J connectivity index is 1.96. The fourth-order valence-corrected chi connectivity index (χ4v) is 2.49. The molecule has 0 fully saturated rings. The maximum Gasteiger partial charge on any atom is 0.270 e. The van der Waals surface area contributed by atoms with Crippen molar-refractivity contribution in [2.24, 2.45) is 0 Å². The smallest absolute Gasteiger partial charge is 0.258 e. The normalized spacial score (nSPS) is 11.2. The van der Waals surface area contributed by atoms with E-state index in [2.05, 4.69) is 4.98 Å². The van der Waals surface area contributed by atoms with Gasteiger partial charge in [-0.15, -0.1) is 0 Å². The first-order valence-electron chi connectivity index (χ1n) is 6.71. The van der Waals surface area contributed by atoms with E-state index in [-0.39, 0.29) is 5.69 Å². The van der Waals surface area contributed by atoms with Crippen molar-refractivity contribution in [1.29, 1.82) is 0 Å². The molecular formula is C17H10Cl2N2O2. The van der Waals surface area contributed by atoms with E-state index in [4.69, 9.17) is 23.2 Å². The quantitative estimate of drug-likeness (QED) is 0.457. The van der Waals surface area contributed by atoms with Crippen molar-refractivity contribution in [3.05, 3.63) is 79.9 Å². The number of aromatic nitrogens is 1. The highest BCUT2D eigenvalue weighted by molar-refractivity contribution is 6.32. The summed E-state index contributed by atoms with van der Waals surface area (Å²) in [6.45, 7) is 0. The van der Waals surface area contributed by atoms with Crippen molar-refractivity contribution in [1.82, 2.24) is 4.98 Å². The predicted octanol–water partition coefficient (Wildman–Crippen LogP) is 5.62. The van der Waals surface area contributed by atoms with Crippen LogP contribution in [0.4, 0.5) is 5.69 Å². The fourth-order valence-electron chi connectivity index (χ4n) is 2.15. The van der Waals surface area contributed by atoms with Gasteiger partial charge in [-0.2, -0.15) is 0 Å². The zero-order valence-electron chi connectivity index (χ0n) is 11.7. The summed E-state index contributed by atoms with van der Waals surface area (Å²) >= 11 is 12.0. The number of fused-ring (bicyclic) bond motifs is 1. The van der Waals surface area contributed by atoms with E-state index < -0.39 is 4.92 Å². The summed E-state index contributed by atoms with van der Waals surface area (Å²) in [6.07, 6.45) is 3.46. The number of nitro benzene ring substituents is 1. The molecule has 0 amide bonds. The topological polar surface area (TPSA) is 56.0 Å². The predicted molar refractivity (Wildman–Crippen MR) is 93.8 cm³/mol. The maximum absolute atomic E-state index is 10.8. The summed E-state index contributed by atoms with van der Waals surface area (Å²) in [5.74, 6) is 0. The molecule has 1 heterocycles. The van der Waals surface area contributed by atoms with E-state index in [1.807, 2.05) is 24.3 Å². The number of nitro groups is 1. The molecule has 0 aliphatic heterocycles. The first-order chi connectivity index (χ1) is 11.0. The Hall–Kier alpha value is -2.43. The Morgan fingerprint density at radius 3 is 2.57 bits per heavy atom. The highest BCUT2D eigenvalue weighted by Crippen LogP contribution is 2.24. The van der Waals surface area contributed by atoms with Gasteiger partial charge in [-0.05, 0) is 35.9 Å². The molecule has 3 aromatic rings. The fraction of sp³-hybridized carbons (Fsp3) is 0. The maximum atomic E-state index is 10.8. The molecule has 114 valence electrons. The first-order valence-corrected chi connectivity index (χ1v) is 7.47. The van der Waals surface area contributed by atoms with E-state index in [1.54, 1.807) is 18.2 Å². The second kappa shape index (κ2) is 6.36. The number of pyridine rings is 1. The number of hydrogen-bond acceptors (Lipinski definition) is 3. The minimum Gasteiger partial charge on any atom is -0.258 e. The number of non-ortho nitro benzene ring substituents is 1. The van der Waals surface area contributed by atoms with Crippen LogP contribution in [-0.2, 0) is 0 Å². The molecule has 1 aromatic heterocycles. The molecule has 0 aliphatic rings. The van der Waals surface area contributed by atoms with Crippen molar-refractivity contribution in [2.75, 3.05) is 0 Å². The highest BCUT2D eigenvalue weighted by atomic mass is 35.5. The standard InChI is InChI=1S/C17H10Cl2N2O2/c18-13-4-1-11-2-5-14(20-17(11)10-13)6-3-12-9-15(21(22)23)7-8-16(12)19/h1-10H/b6-3+. The Morgan fingerprint density at radius 2 is 1.78 bits per heavy atom. The molecule has 0 saturated carbocycles. The van der Waals surface area contributed by atoms with Crippen LogP contribution in [-0.4, -0.2) is 9.91 Å². The summed E-state index contributed by atoms with van der Waals surface area (Å²) in [4.78, 5) is 14.9. The molecule has 0 unspecified atom stereocenters. The van der Waals surface area contributed by atoms with Crippen LogP contribution in [0.3, 0.4) is 0 Å². The van der Waals surface area contributed by atoms with E-state index in [0.717, 1.165) is 10.9 Å². The summed E-state index contributed by atoms with van der Waals surface area (Å²) < 4.78 is 0. The monoisotopic (exact) mass is 344 g/mol. The van der Waals surface area contributed by atoms with E-state index in [0.29, 0.717) is 21.3 Å². The Kier molecular flexibility index (Phi) is 4.28. The lowest BCUT2D eigenvalue weighted by Gasteiger charge is -2.01. The van der Waals surface area contributed by atoms with Crippen LogP contribution in [0.1, 0.15) is 11.3 Å². The van der Waals surface area contributed by atoms with Crippen LogP contribution in [0.25, 0.3) is 23.1 Å². The molecule has 3 rings (SSSR count). The molecule has 0 spiro atoms. The first kappa shape index (κ1) is 15.5. The van der Waals surface area contributed by atoms with Gasteiger partial charge in [-0.25, -0.2) is 4.98 Å². The van der Waals surface area contributed by atoms with Gasteiger partial charge in [0, 0.05) is 27.6 Å². The van der Waals surface area contributed by atoms with Crippen LogP contribution in [0, 0.1) is 10.1 Å². The van der Waals surface area contributed by atoms with Gasteiger partial charge in [0.15, 0.2) is 0 Å². The third-order valence-corrected chi connectivity index (χ3v) is 3.88. The summed E-state index contributed by atoms with van der Waals surface area (Å²) in [6, 6.07) is 13.6. The van der Waals surface area contributed by atoms with Crippen LogP contribution in [0.15, 0.2) is 48.5 Å². The molecule has 0 aliphatic carbocycles. The number of rotatable bonds is 3. The molecule has 6 heteroatoms. The lowest BCUT2D eigenvalue weighted by molar-refractivity contribution is -0.384. The number of nitrogens with zero attached hydrogens (tertiary/aromatic N) is 2. The lowest BCUT2D eigenvalue weighted by atomic mass is 10.1. The summed E-state index contributed by atoms with van der Waals surface area (Å²) in [7, 11) is 0. The van der Waals surface area contributed by atoms with Crippen molar-refractivity contribution in [2.45, 2.75) is 0 Å². The zero-order chi connectivity index (χ0) is 16.4. The average Bonchev–Trinajstić information content (AvgIpc) is 2.53. The lowest BCUT2D eigenvalue weighted by Crippen LogP contribution is -1.88. The molecule has 0 bridgehead atoms. The van der Waals surface area contributed by atoms with Crippen molar-refractivity contribution >= 4 is 51.9 Å². The van der Waals surface area contributed by atoms with Gasteiger partial charge < -0.3 is 0 Å². The van der Waals surface area contributed by atoms with Crippen LogP contribution in [0.2, 0.25) is 10.0 Å². The van der Waals surface area contributed by atoms with Gasteiger partial charge in [0.25, 0.3) is 5.69 Å². The third-order valence-electron chi connectivity index (χ3n) is 3.30. The second-order valence-corrected chi connectivity index (χ2v) is 5.71. The second-order valence-electron chi connectivity index (χ2n) is 4.87. The number of hydrogen-bond donors (Lipinski definition) is 0. The molecule has 4 nitrogen and oxygen atoms in total. The number of benzene rings is 2. The van der Waals surface area contributed by atoms with Gasteiger partial charge in [0.1, 0.15) is 0 Å².